The minimum absolute atomic E-state index is 0.377. The predicted molar refractivity (Wildman–Crippen MR) is 102 cm³/mol. The van der Waals surface area contributed by atoms with Crippen LogP contribution in [0.25, 0.3) is 22.4 Å². The van der Waals surface area contributed by atoms with Gasteiger partial charge in [0.2, 0.25) is 0 Å². The first-order valence-corrected chi connectivity index (χ1v) is 8.83. The van der Waals surface area contributed by atoms with Crippen LogP contribution in [-0.4, -0.2) is 16.6 Å². The summed E-state index contributed by atoms with van der Waals surface area (Å²) >= 11 is 24.7. The first-order chi connectivity index (χ1) is 11.3. The Kier molecular flexibility index (Phi) is 5.16. The van der Waals surface area contributed by atoms with E-state index in [0.29, 0.717) is 49.7 Å². The summed E-state index contributed by atoms with van der Waals surface area (Å²) in [6, 6.07) is 6.98. The van der Waals surface area contributed by atoms with Gasteiger partial charge in [0.15, 0.2) is 5.75 Å². The van der Waals surface area contributed by atoms with Crippen molar-refractivity contribution in [2.24, 2.45) is 5.92 Å². The van der Waals surface area contributed by atoms with Gasteiger partial charge >= 0.3 is 0 Å². The zero-order valence-electron chi connectivity index (χ0n) is 13.0. The third-order valence-electron chi connectivity index (χ3n) is 3.36. The summed E-state index contributed by atoms with van der Waals surface area (Å²) < 4.78 is 5.68. The van der Waals surface area contributed by atoms with Crippen LogP contribution in [0, 0.1) is 5.92 Å². The molecule has 0 radical (unpaired) electrons. The second kappa shape index (κ2) is 7.01. The predicted octanol–water partition coefficient (Wildman–Crippen LogP) is 6.88. The van der Waals surface area contributed by atoms with Crippen LogP contribution in [0.4, 0.5) is 0 Å². The first-order valence-electron chi connectivity index (χ1n) is 7.32. The zero-order chi connectivity index (χ0) is 17.4. The number of benzene rings is 2. The average molecular weight is 404 g/mol. The highest BCUT2D eigenvalue weighted by Crippen LogP contribution is 2.38. The number of hydrogen-bond acceptors (Lipinski definition) is 2. The van der Waals surface area contributed by atoms with Gasteiger partial charge in [0.05, 0.1) is 37.7 Å². The molecule has 7 heteroatoms. The molecule has 1 N–H and O–H groups in total. The van der Waals surface area contributed by atoms with Gasteiger partial charge < -0.3 is 9.72 Å². The molecule has 126 valence electrons. The van der Waals surface area contributed by atoms with Gasteiger partial charge in [-0.05, 0) is 30.2 Å². The highest BCUT2D eigenvalue weighted by molar-refractivity contribution is 6.42. The van der Waals surface area contributed by atoms with E-state index in [1.165, 1.54) is 0 Å². The Labute approximate surface area is 159 Å². The van der Waals surface area contributed by atoms with Gasteiger partial charge in [-0.15, -0.1) is 0 Å². The maximum Gasteiger partial charge on any atom is 0.156 e. The van der Waals surface area contributed by atoms with Crippen molar-refractivity contribution in [2.45, 2.75) is 13.8 Å². The largest absolute Gasteiger partial charge is 0.490 e. The molecule has 3 aromatic rings. The fourth-order valence-corrected chi connectivity index (χ4v) is 3.14. The average Bonchev–Trinajstić information content (AvgIpc) is 2.89. The number of nitrogens with zero attached hydrogens (tertiary/aromatic N) is 1. The topological polar surface area (TPSA) is 37.9 Å². The molecule has 3 rings (SSSR count). The number of aromatic amines is 1. The molecule has 1 heterocycles. The van der Waals surface area contributed by atoms with Crippen molar-refractivity contribution in [3.05, 3.63) is 44.4 Å². The van der Waals surface area contributed by atoms with Crippen LogP contribution in [0.2, 0.25) is 20.1 Å². The van der Waals surface area contributed by atoms with Gasteiger partial charge in [0.1, 0.15) is 5.82 Å². The lowest BCUT2D eigenvalue weighted by Crippen LogP contribution is -2.05. The van der Waals surface area contributed by atoms with E-state index < -0.39 is 0 Å². The van der Waals surface area contributed by atoms with Crippen molar-refractivity contribution in [3.8, 4) is 17.1 Å². The molecular weight excluding hydrogens is 390 g/mol. The van der Waals surface area contributed by atoms with Crippen molar-refractivity contribution in [1.82, 2.24) is 9.97 Å². The molecule has 3 nitrogen and oxygen atoms in total. The molecule has 0 spiro atoms. The normalized spacial score (nSPS) is 11.5. The van der Waals surface area contributed by atoms with Crippen LogP contribution in [0.5, 0.6) is 5.75 Å². The number of ether oxygens (including phenoxy) is 1. The minimum atomic E-state index is 0.377. The zero-order valence-corrected chi connectivity index (χ0v) is 16.0. The summed E-state index contributed by atoms with van der Waals surface area (Å²) in [6.07, 6.45) is 0. The van der Waals surface area contributed by atoms with Gasteiger partial charge in [-0.25, -0.2) is 4.98 Å². The number of aromatic nitrogens is 2. The number of nitrogens with one attached hydrogen (secondary N) is 1. The molecule has 0 bridgehead atoms. The minimum Gasteiger partial charge on any atom is -0.490 e. The number of hydrogen-bond donors (Lipinski definition) is 1. The highest BCUT2D eigenvalue weighted by atomic mass is 35.5. The lowest BCUT2D eigenvalue weighted by atomic mass is 10.2. The van der Waals surface area contributed by atoms with E-state index in [4.69, 9.17) is 51.1 Å². The highest BCUT2D eigenvalue weighted by Gasteiger charge is 2.14. The Morgan fingerprint density at radius 1 is 0.958 bits per heavy atom. The standard InChI is InChI=1S/C17H14Cl4N2O/c1-8(2)7-24-16-12(20)3-9(4-13(16)21)17-22-14-5-10(18)11(19)6-15(14)23-17/h3-6,8H,7H2,1-2H3,(H,22,23). The van der Waals surface area contributed by atoms with Gasteiger partial charge in [-0.2, -0.15) is 0 Å². The van der Waals surface area contributed by atoms with Gasteiger partial charge in [0, 0.05) is 5.56 Å². The van der Waals surface area contributed by atoms with Crippen LogP contribution in [0.15, 0.2) is 24.3 Å². The summed E-state index contributed by atoms with van der Waals surface area (Å²) in [7, 11) is 0. The molecule has 0 amide bonds. The van der Waals surface area contributed by atoms with Crippen LogP contribution >= 0.6 is 46.4 Å². The van der Waals surface area contributed by atoms with Crippen molar-refractivity contribution in [2.75, 3.05) is 6.61 Å². The molecule has 1 aromatic heterocycles. The summed E-state index contributed by atoms with van der Waals surface area (Å²) in [5, 5.41) is 1.80. The molecule has 0 saturated carbocycles. The first kappa shape index (κ1) is 17.7. The third kappa shape index (κ3) is 3.60. The van der Waals surface area contributed by atoms with E-state index in [9.17, 15) is 0 Å². The maximum atomic E-state index is 6.32. The van der Waals surface area contributed by atoms with E-state index in [2.05, 4.69) is 23.8 Å². The van der Waals surface area contributed by atoms with Crippen molar-refractivity contribution < 1.29 is 4.74 Å². The van der Waals surface area contributed by atoms with E-state index >= 15 is 0 Å². The van der Waals surface area contributed by atoms with Gasteiger partial charge in [-0.1, -0.05) is 60.3 Å². The molecule has 0 aliphatic heterocycles. The Balaban J connectivity index is 2.00. The molecule has 0 saturated heterocycles. The Bertz CT molecular complexity index is 843. The second-order valence-corrected chi connectivity index (χ2v) is 7.47. The van der Waals surface area contributed by atoms with Crippen molar-refractivity contribution in [1.29, 1.82) is 0 Å². The summed E-state index contributed by atoms with van der Waals surface area (Å²) in [5.74, 6) is 1.49. The lowest BCUT2D eigenvalue weighted by molar-refractivity contribution is 0.271. The fourth-order valence-electron chi connectivity index (χ4n) is 2.23. The SMILES string of the molecule is CC(C)COc1c(Cl)cc(-c2nc3cc(Cl)c(Cl)cc3[nH]2)cc1Cl. The van der Waals surface area contributed by atoms with Crippen molar-refractivity contribution >= 4 is 57.4 Å². The third-order valence-corrected chi connectivity index (χ3v) is 4.64. The molecule has 0 unspecified atom stereocenters. The quantitative estimate of drug-likeness (QED) is 0.515. The summed E-state index contributed by atoms with van der Waals surface area (Å²) in [5.41, 5.74) is 2.25. The van der Waals surface area contributed by atoms with E-state index in [-0.39, 0.29) is 0 Å². The maximum absolute atomic E-state index is 6.32. The molecule has 0 aliphatic carbocycles. The molecule has 2 aromatic carbocycles. The Morgan fingerprint density at radius 2 is 1.58 bits per heavy atom. The van der Waals surface area contributed by atoms with Crippen LogP contribution in [0.1, 0.15) is 13.8 Å². The van der Waals surface area contributed by atoms with Gasteiger partial charge in [0.25, 0.3) is 0 Å². The molecular formula is C17H14Cl4N2O. The summed E-state index contributed by atoms with van der Waals surface area (Å²) in [6.45, 7) is 4.65. The van der Waals surface area contributed by atoms with Crippen LogP contribution in [-0.2, 0) is 0 Å². The Morgan fingerprint density at radius 3 is 2.21 bits per heavy atom. The molecule has 0 aliphatic rings. The van der Waals surface area contributed by atoms with Crippen LogP contribution in [0.3, 0.4) is 0 Å². The smallest absolute Gasteiger partial charge is 0.156 e. The fraction of sp³-hybridized carbons (Fsp3) is 0.235. The molecule has 0 fully saturated rings. The monoisotopic (exact) mass is 402 g/mol. The van der Waals surface area contributed by atoms with Gasteiger partial charge in [-0.3, -0.25) is 0 Å². The van der Waals surface area contributed by atoms with Crippen LogP contribution < -0.4 is 4.74 Å². The lowest BCUT2D eigenvalue weighted by Gasteiger charge is -2.12. The number of rotatable bonds is 4. The number of H-pyrrole nitrogens is 1. The molecule has 24 heavy (non-hydrogen) atoms. The van der Waals surface area contributed by atoms with E-state index in [1.807, 2.05) is 0 Å². The number of fused-ring (bicyclic) bond motifs is 1. The molecule has 0 atom stereocenters. The van der Waals surface area contributed by atoms with E-state index in [0.717, 1.165) is 11.1 Å². The second-order valence-electron chi connectivity index (χ2n) is 5.84. The van der Waals surface area contributed by atoms with E-state index in [1.54, 1.807) is 24.3 Å². The summed E-state index contributed by atoms with van der Waals surface area (Å²) in [4.78, 5) is 7.71. The number of imidazole rings is 1. The van der Waals surface area contributed by atoms with Crippen molar-refractivity contribution in [3.63, 3.8) is 0 Å². The number of halogens is 4. The Hall–Kier alpha value is -1.13.